The maximum Gasteiger partial charge on any atom is 0.291 e. The molecule has 2 fully saturated rings. The molecule has 0 unspecified atom stereocenters. The van der Waals surface area contributed by atoms with Crippen LogP contribution in [0.4, 0.5) is 0 Å². The Hall–Kier alpha value is -2.37. The number of likely N-dealkylation sites (tertiary alicyclic amines) is 1. The summed E-state index contributed by atoms with van der Waals surface area (Å²) >= 11 is 0. The summed E-state index contributed by atoms with van der Waals surface area (Å²) in [5, 5.41) is 0. The van der Waals surface area contributed by atoms with Gasteiger partial charge in [0.05, 0.1) is 12.4 Å². The van der Waals surface area contributed by atoms with Gasteiger partial charge in [0.15, 0.2) is 6.39 Å². The van der Waals surface area contributed by atoms with Gasteiger partial charge in [-0.3, -0.25) is 9.78 Å². The number of pyridine rings is 1. The number of hydrogen-bond acceptors (Lipinski definition) is 5. The minimum Gasteiger partial charge on any atom is -0.488 e. The highest BCUT2D eigenvalue weighted by Gasteiger charge is 2.45. The molecule has 2 aromatic heterocycles. The summed E-state index contributed by atoms with van der Waals surface area (Å²) in [6.45, 7) is 1.49. The lowest BCUT2D eigenvalue weighted by Gasteiger charge is -2.21. The molecule has 22 heavy (non-hydrogen) atoms. The lowest BCUT2D eigenvalue weighted by Crippen LogP contribution is -2.32. The number of fused-ring (bicyclic) bond motifs is 1. The number of amides is 1. The number of rotatable bonds is 3. The Morgan fingerprint density at radius 2 is 2.23 bits per heavy atom. The average molecular weight is 299 g/mol. The van der Waals surface area contributed by atoms with E-state index in [1.807, 2.05) is 17.0 Å². The topological polar surface area (TPSA) is 68.5 Å². The minimum absolute atomic E-state index is 0.0768. The Morgan fingerprint density at radius 3 is 3.00 bits per heavy atom. The largest absolute Gasteiger partial charge is 0.488 e. The molecule has 1 aliphatic carbocycles. The molecular weight excluding hydrogens is 282 g/mol. The summed E-state index contributed by atoms with van der Waals surface area (Å²) in [4.78, 5) is 22.1. The summed E-state index contributed by atoms with van der Waals surface area (Å²) in [5.41, 5.74) is 0. The maximum atomic E-state index is 12.3. The molecular formula is C16H17N3O3. The molecule has 3 heterocycles. The van der Waals surface area contributed by atoms with E-state index in [2.05, 4.69) is 9.97 Å². The second-order valence-electron chi connectivity index (χ2n) is 5.92. The van der Waals surface area contributed by atoms with Crippen LogP contribution in [0.5, 0.6) is 5.75 Å². The van der Waals surface area contributed by atoms with Crippen LogP contribution in [-0.2, 0) is 0 Å². The summed E-state index contributed by atoms with van der Waals surface area (Å²) in [7, 11) is 0. The normalized spacial score (nSPS) is 26.9. The van der Waals surface area contributed by atoms with Crippen molar-refractivity contribution in [2.75, 3.05) is 13.1 Å². The summed E-state index contributed by atoms with van der Waals surface area (Å²) in [6.07, 6.45) is 8.52. The van der Waals surface area contributed by atoms with E-state index in [1.165, 1.54) is 12.6 Å². The molecule has 0 N–H and O–H groups in total. The fraction of sp³-hybridized carbons (Fsp3) is 0.438. The predicted octanol–water partition coefficient (Wildman–Crippen LogP) is 2.00. The van der Waals surface area contributed by atoms with Crippen molar-refractivity contribution in [1.82, 2.24) is 14.9 Å². The van der Waals surface area contributed by atoms with Crippen molar-refractivity contribution >= 4 is 5.91 Å². The second kappa shape index (κ2) is 5.44. The van der Waals surface area contributed by atoms with E-state index in [-0.39, 0.29) is 12.0 Å². The highest BCUT2D eigenvalue weighted by Crippen LogP contribution is 2.40. The van der Waals surface area contributed by atoms with Gasteiger partial charge in [-0.15, -0.1) is 0 Å². The highest BCUT2D eigenvalue weighted by atomic mass is 16.5. The van der Waals surface area contributed by atoms with Gasteiger partial charge in [0.25, 0.3) is 5.91 Å². The van der Waals surface area contributed by atoms with Gasteiger partial charge in [-0.1, -0.05) is 0 Å². The zero-order valence-electron chi connectivity index (χ0n) is 12.1. The van der Waals surface area contributed by atoms with Gasteiger partial charge in [-0.2, -0.15) is 0 Å². The minimum atomic E-state index is -0.0768. The first kappa shape index (κ1) is 13.3. The standard InChI is InChI=1S/C16H17N3O3/c20-16(15-7-18-10-21-15)19-8-11-3-4-14(13(11)9-19)22-12-2-1-5-17-6-12/h1-2,5-7,10-11,13-14H,3-4,8-9H2/t11-,13+,14+/m1/s1. The molecule has 1 saturated carbocycles. The Labute approximate surface area is 128 Å². The molecule has 3 atom stereocenters. The molecule has 0 aromatic carbocycles. The number of aromatic nitrogens is 2. The van der Waals surface area contributed by atoms with E-state index in [0.717, 1.165) is 31.7 Å². The van der Waals surface area contributed by atoms with Crippen LogP contribution in [0.3, 0.4) is 0 Å². The van der Waals surface area contributed by atoms with Gasteiger partial charge < -0.3 is 14.1 Å². The van der Waals surface area contributed by atoms with Crippen LogP contribution in [0.2, 0.25) is 0 Å². The summed E-state index contributed by atoms with van der Waals surface area (Å²) in [6, 6.07) is 3.79. The molecule has 0 bridgehead atoms. The lowest BCUT2D eigenvalue weighted by atomic mass is 9.99. The molecule has 6 nitrogen and oxygen atoms in total. The van der Waals surface area contributed by atoms with Crippen molar-refractivity contribution < 1.29 is 13.9 Å². The van der Waals surface area contributed by atoms with Crippen molar-refractivity contribution in [3.05, 3.63) is 42.9 Å². The van der Waals surface area contributed by atoms with E-state index in [9.17, 15) is 4.79 Å². The fourth-order valence-electron chi connectivity index (χ4n) is 3.60. The lowest BCUT2D eigenvalue weighted by molar-refractivity contribution is 0.0731. The molecule has 0 radical (unpaired) electrons. The van der Waals surface area contributed by atoms with Crippen LogP contribution in [0.1, 0.15) is 23.4 Å². The van der Waals surface area contributed by atoms with Crippen molar-refractivity contribution in [2.45, 2.75) is 18.9 Å². The number of oxazole rings is 1. The van der Waals surface area contributed by atoms with Crippen LogP contribution in [0.25, 0.3) is 0 Å². The van der Waals surface area contributed by atoms with Crippen molar-refractivity contribution in [2.24, 2.45) is 11.8 Å². The number of hydrogen-bond donors (Lipinski definition) is 0. The predicted molar refractivity (Wildman–Crippen MR) is 77.3 cm³/mol. The molecule has 2 aromatic rings. The van der Waals surface area contributed by atoms with Crippen LogP contribution in [-0.4, -0.2) is 40.0 Å². The van der Waals surface area contributed by atoms with Gasteiger partial charge in [0.2, 0.25) is 5.76 Å². The van der Waals surface area contributed by atoms with Crippen molar-refractivity contribution in [3.63, 3.8) is 0 Å². The molecule has 4 rings (SSSR count). The van der Waals surface area contributed by atoms with E-state index >= 15 is 0 Å². The molecule has 1 aliphatic heterocycles. The number of carbonyl (C=O) groups excluding carboxylic acids is 1. The molecule has 114 valence electrons. The smallest absolute Gasteiger partial charge is 0.291 e. The fourth-order valence-corrected chi connectivity index (χ4v) is 3.60. The second-order valence-corrected chi connectivity index (χ2v) is 5.92. The highest BCUT2D eigenvalue weighted by molar-refractivity contribution is 5.91. The molecule has 1 amide bonds. The van der Waals surface area contributed by atoms with Crippen LogP contribution in [0, 0.1) is 11.8 Å². The Bertz CT molecular complexity index is 644. The SMILES string of the molecule is O=C(c1cnco1)N1C[C@H]2CC[C@H](Oc3cccnc3)[C@H]2C1. The molecule has 0 spiro atoms. The third-order valence-corrected chi connectivity index (χ3v) is 4.64. The monoisotopic (exact) mass is 299 g/mol. The van der Waals surface area contributed by atoms with E-state index in [4.69, 9.17) is 9.15 Å². The Kier molecular flexibility index (Phi) is 3.29. The van der Waals surface area contributed by atoms with Gasteiger partial charge in [-0.05, 0) is 30.9 Å². The first-order chi connectivity index (χ1) is 10.8. The van der Waals surface area contributed by atoms with E-state index in [0.29, 0.717) is 17.6 Å². The zero-order valence-corrected chi connectivity index (χ0v) is 12.1. The summed E-state index contributed by atoms with van der Waals surface area (Å²) < 4.78 is 11.2. The molecule has 6 heteroatoms. The number of ether oxygens (including phenoxy) is 1. The summed E-state index contributed by atoms with van der Waals surface area (Å²) in [5.74, 6) is 1.92. The van der Waals surface area contributed by atoms with E-state index in [1.54, 1.807) is 12.4 Å². The number of carbonyl (C=O) groups is 1. The zero-order chi connectivity index (χ0) is 14.9. The van der Waals surface area contributed by atoms with Crippen LogP contribution >= 0.6 is 0 Å². The van der Waals surface area contributed by atoms with Crippen LogP contribution < -0.4 is 4.74 Å². The van der Waals surface area contributed by atoms with Crippen molar-refractivity contribution in [1.29, 1.82) is 0 Å². The first-order valence-corrected chi connectivity index (χ1v) is 7.55. The third kappa shape index (κ3) is 2.34. The third-order valence-electron chi connectivity index (χ3n) is 4.64. The van der Waals surface area contributed by atoms with Crippen molar-refractivity contribution in [3.8, 4) is 5.75 Å². The van der Waals surface area contributed by atoms with E-state index < -0.39 is 0 Å². The Morgan fingerprint density at radius 1 is 1.27 bits per heavy atom. The maximum absolute atomic E-state index is 12.3. The molecule has 1 saturated heterocycles. The Balaban J connectivity index is 1.44. The first-order valence-electron chi connectivity index (χ1n) is 7.55. The van der Waals surface area contributed by atoms with Gasteiger partial charge >= 0.3 is 0 Å². The number of nitrogens with zero attached hydrogens (tertiary/aromatic N) is 3. The quantitative estimate of drug-likeness (QED) is 0.867. The van der Waals surface area contributed by atoms with Gasteiger partial charge in [0, 0.05) is 25.2 Å². The molecule has 2 aliphatic rings. The van der Waals surface area contributed by atoms with Gasteiger partial charge in [0.1, 0.15) is 11.9 Å². The van der Waals surface area contributed by atoms with Gasteiger partial charge in [-0.25, -0.2) is 4.98 Å². The average Bonchev–Trinajstić information content (AvgIpc) is 3.26. The van der Waals surface area contributed by atoms with Crippen LogP contribution in [0.15, 0.2) is 41.5 Å².